The molecule has 0 aliphatic heterocycles. The van der Waals surface area contributed by atoms with Crippen molar-refractivity contribution in [1.29, 1.82) is 0 Å². The summed E-state index contributed by atoms with van der Waals surface area (Å²) in [7, 11) is 2.00. The van der Waals surface area contributed by atoms with Crippen molar-refractivity contribution >= 4 is 28.3 Å². The Morgan fingerprint density at radius 3 is 2.53 bits per heavy atom. The van der Waals surface area contributed by atoms with Crippen molar-refractivity contribution in [1.82, 2.24) is 24.1 Å². The van der Waals surface area contributed by atoms with Gasteiger partial charge in [0.1, 0.15) is 11.4 Å². The number of nitrogens with one attached hydrogen (secondary N) is 1. The number of nitrogens with zero attached hydrogens (tertiary/aromatic N) is 5. The largest absolute Gasteiger partial charge is 0.327 e. The van der Waals surface area contributed by atoms with Gasteiger partial charge in [-0.3, -0.25) is 4.79 Å². The van der Waals surface area contributed by atoms with E-state index < -0.39 is 0 Å². The van der Waals surface area contributed by atoms with Crippen LogP contribution in [0.3, 0.4) is 0 Å². The van der Waals surface area contributed by atoms with Gasteiger partial charge in [0.2, 0.25) is 0 Å². The Labute approximate surface area is 173 Å². The first kappa shape index (κ1) is 18.1. The number of hydrogen-bond donors (Lipinski definition) is 1. The fraction of sp³-hybridized carbons (Fsp3) is 0.130. The molecule has 0 saturated carbocycles. The van der Waals surface area contributed by atoms with E-state index in [1.807, 2.05) is 75.5 Å². The SMILES string of the molecule is Cc1cc(C)n2ncc(C(=O)Nc3ccc(-c4nc5ccccc5n4C)cc3)c2n1. The number of imidazole rings is 1. The Kier molecular flexibility index (Phi) is 4.10. The summed E-state index contributed by atoms with van der Waals surface area (Å²) >= 11 is 0. The average molecular weight is 396 g/mol. The second kappa shape index (κ2) is 6.81. The molecule has 3 aromatic heterocycles. The second-order valence-electron chi connectivity index (χ2n) is 7.35. The Balaban J connectivity index is 1.42. The normalized spacial score (nSPS) is 11.3. The number of fused-ring (bicyclic) bond motifs is 2. The first-order valence-corrected chi connectivity index (χ1v) is 9.66. The van der Waals surface area contributed by atoms with E-state index in [1.54, 1.807) is 10.7 Å². The molecule has 7 heteroatoms. The summed E-state index contributed by atoms with van der Waals surface area (Å²) in [6.45, 7) is 3.84. The number of amides is 1. The van der Waals surface area contributed by atoms with Gasteiger partial charge in [-0.25, -0.2) is 14.5 Å². The van der Waals surface area contributed by atoms with Gasteiger partial charge in [0.25, 0.3) is 5.91 Å². The van der Waals surface area contributed by atoms with E-state index in [1.165, 1.54) is 0 Å². The van der Waals surface area contributed by atoms with Crippen LogP contribution in [0.4, 0.5) is 5.69 Å². The number of rotatable bonds is 3. The lowest BCUT2D eigenvalue weighted by atomic mass is 10.2. The van der Waals surface area contributed by atoms with Crippen LogP contribution < -0.4 is 5.32 Å². The van der Waals surface area contributed by atoms with Crippen LogP contribution in [-0.2, 0) is 7.05 Å². The van der Waals surface area contributed by atoms with Crippen LogP contribution in [0.2, 0.25) is 0 Å². The van der Waals surface area contributed by atoms with Crippen molar-refractivity contribution in [2.45, 2.75) is 13.8 Å². The molecule has 1 amide bonds. The predicted octanol–water partition coefficient (Wildman–Crippen LogP) is 4.15. The molecule has 0 saturated heterocycles. The van der Waals surface area contributed by atoms with E-state index in [-0.39, 0.29) is 5.91 Å². The molecule has 30 heavy (non-hydrogen) atoms. The molecule has 0 aliphatic rings. The summed E-state index contributed by atoms with van der Waals surface area (Å²) in [5.41, 5.74) is 6.50. The van der Waals surface area contributed by atoms with Gasteiger partial charge in [-0.05, 0) is 56.3 Å². The van der Waals surface area contributed by atoms with Crippen molar-refractivity contribution in [3.8, 4) is 11.4 Å². The maximum Gasteiger partial charge on any atom is 0.261 e. The van der Waals surface area contributed by atoms with Crippen LogP contribution >= 0.6 is 0 Å². The molecule has 5 aromatic rings. The second-order valence-corrected chi connectivity index (χ2v) is 7.35. The van der Waals surface area contributed by atoms with Gasteiger partial charge in [-0.1, -0.05) is 12.1 Å². The van der Waals surface area contributed by atoms with Gasteiger partial charge >= 0.3 is 0 Å². The molecule has 1 N–H and O–H groups in total. The predicted molar refractivity (Wildman–Crippen MR) is 117 cm³/mol. The van der Waals surface area contributed by atoms with Crippen LogP contribution in [0.5, 0.6) is 0 Å². The van der Waals surface area contributed by atoms with E-state index in [9.17, 15) is 4.79 Å². The van der Waals surface area contributed by atoms with E-state index >= 15 is 0 Å². The molecule has 0 spiro atoms. The number of carbonyl (C=O) groups excluding carboxylic acids is 1. The average Bonchev–Trinajstić information content (AvgIpc) is 3.31. The lowest BCUT2D eigenvalue weighted by molar-refractivity contribution is 0.102. The third-order valence-electron chi connectivity index (χ3n) is 5.21. The number of carbonyl (C=O) groups is 1. The summed E-state index contributed by atoms with van der Waals surface area (Å²) in [6, 6.07) is 17.6. The van der Waals surface area contributed by atoms with Gasteiger partial charge in [0.15, 0.2) is 5.65 Å². The minimum atomic E-state index is -0.238. The summed E-state index contributed by atoms with van der Waals surface area (Å²) in [5, 5.41) is 7.22. The summed E-state index contributed by atoms with van der Waals surface area (Å²) in [6.07, 6.45) is 1.55. The van der Waals surface area contributed by atoms with Crippen LogP contribution in [0.15, 0.2) is 60.8 Å². The summed E-state index contributed by atoms with van der Waals surface area (Å²) in [4.78, 5) is 22.0. The molecule has 7 nitrogen and oxygen atoms in total. The van der Waals surface area contributed by atoms with Crippen molar-refractivity contribution in [3.63, 3.8) is 0 Å². The Morgan fingerprint density at radius 2 is 1.77 bits per heavy atom. The number of benzene rings is 2. The van der Waals surface area contributed by atoms with Crippen LogP contribution in [-0.4, -0.2) is 30.1 Å². The monoisotopic (exact) mass is 396 g/mol. The number of aryl methyl sites for hydroxylation is 3. The van der Waals surface area contributed by atoms with Crippen LogP contribution in [0, 0.1) is 13.8 Å². The number of anilines is 1. The lowest BCUT2D eigenvalue weighted by Gasteiger charge is -2.07. The fourth-order valence-corrected chi connectivity index (χ4v) is 3.74. The molecule has 0 atom stereocenters. The van der Waals surface area contributed by atoms with E-state index in [0.29, 0.717) is 16.9 Å². The molecule has 148 valence electrons. The number of para-hydroxylation sites is 2. The summed E-state index contributed by atoms with van der Waals surface area (Å²) < 4.78 is 3.75. The van der Waals surface area contributed by atoms with Crippen molar-refractivity contribution in [2.24, 2.45) is 7.05 Å². The van der Waals surface area contributed by atoms with Gasteiger partial charge in [-0.15, -0.1) is 0 Å². The van der Waals surface area contributed by atoms with E-state index in [4.69, 9.17) is 4.98 Å². The van der Waals surface area contributed by atoms with E-state index in [0.717, 1.165) is 33.8 Å². The molecular formula is C23H20N6O. The van der Waals surface area contributed by atoms with Crippen molar-refractivity contribution in [3.05, 3.63) is 77.7 Å². The highest BCUT2D eigenvalue weighted by Gasteiger charge is 2.16. The lowest BCUT2D eigenvalue weighted by Crippen LogP contribution is -2.12. The third kappa shape index (κ3) is 2.91. The standard InChI is InChI=1S/C23H20N6O/c1-14-12-15(2)29-22(25-14)18(13-24-29)23(30)26-17-10-8-16(9-11-17)21-27-19-6-4-5-7-20(19)28(21)3/h4-13H,1-3H3,(H,26,30). The fourth-order valence-electron chi connectivity index (χ4n) is 3.74. The number of aromatic nitrogens is 5. The van der Waals surface area contributed by atoms with Gasteiger partial charge in [0.05, 0.1) is 17.2 Å². The number of hydrogen-bond acceptors (Lipinski definition) is 4. The molecular weight excluding hydrogens is 376 g/mol. The molecule has 0 radical (unpaired) electrons. The zero-order valence-corrected chi connectivity index (χ0v) is 16.9. The smallest absolute Gasteiger partial charge is 0.261 e. The third-order valence-corrected chi connectivity index (χ3v) is 5.21. The zero-order chi connectivity index (χ0) is 20.8. The minimum absolute atomic E-state index is 0.238. The minimum Gasteiger partial charge on any atom is -0.327 e. The van der Waals surface area contributed by atoms with Gasteiger partial charge in [0, 0.05) is 29.7 Å². The molecule has 0 fully saturated rings. The molecule has 3 heterocycles. The Morgan fingerprint density at radius 1 is 1.00 bits per heavy atom. The molecule has 0 unspecified atom stereocenters. The highest BCUT2D eigenvalue weighted by molar-refractivity contribution is 6.08. The van der Waals surface area contributed by atoms with Crippen LogP contribution in [0.25, 0.3) is 28.1 Å². The van der Waals surface area contributed by atoms with Crippen molar-refractivity contribution in [2.75, 3.05) is 5.32 Å². The molecule has 5 rings (SSSR count). The first-order chi connectivity index (χ1) is 14.5. The highest BCUT2D eigenvalue weighted by Crippen LogP contribution is 2.25. The quantitative estimate of drug-likeness (QED) is 0.497. The topological polar surface area (TPSA) is 77.1 Å². The van der Waals surface area contributed by atoms with Crippen LogP contribution in [0.1, 0.15) is 21.7 Å². The van der Waals surface area contributed by atoms with Gasteiger partial charge in [-0.2, -0.15) is 5.10 Å². The molecule has 0 bridgehead atoms. The van der Waals surface area contributed by atoms with Crippen molar-refractivity contribution < 1.29 is 4.79 Å². The highest BCUT2D eigenvalue weighted by atomic mass is 16.1. The Hall–Kier alpha value is -4.00. The van der Waals surface area contributed by atoms with E-state index in [2.05, 4.69) is 20.0 Å². The molecule has 0 aliphatic carbocycles. The van der Waals surface area contributed by atoms with Gasteiger partial charge < -0.3 is 9.88 Å². The first-order valence-electron chi connectivity index (χ1n) is 9.66. The Bertz CT molecular complexity index is 1410. The maximum atomic E-state index is 12.8. The summed E-state index contributed by atoms with van der Waals surface area (Å²) in [5.74, 6) is 0.643. The molecule has 2 aromatic carbocycles. The zero-order valence-electron chi connectivity index (χ0n) is 16.9. The maximum absolute atomic E-state index is 12.8.